The number of fused-ring (bicyclic) bond motifs is 1. The molecule has 154 valence electrons. The van der Waals surface area contributed by atoms with Gasteiger partial charge in [0.1, 0.15) is 6.04 Å². The molecule has 2 aromatic carbocycles. The molecule has 6 heteroatoms. The van der Waals surface area contributed by atoms with Crippen molar-refractivity contribution in [2.45, 2.75) is 44.2 Å². The third-order valence-electron chi connectivity index (χ3n) is 5.99. The van der Waals surface area contributed by atoms with E-state index in [9.17, 15) is 14.9 Å². The first-order valence-corrected chi connectivity index (χ1v) is 10.5. The number of carbonyl (C=O) groups excluding carboxylic acids is 2. The van der Waals surface area contributed by atoms with Gasteiger partial charge >= 0.3 is 0 Å². The Morgan fingerprint density at radius 1 is 1.23 bits per heavy atom. The van der Waals surface area contributed by atoms with Crippen LogP contribution in [-0.2, 0) is 22.4 Å². The molecule has 1 unspecified atom stereocenters. The van der Waals surface area contributed by atoms with E-state index in [0.29, 0.717) is 12.8 Å². The molecule has 2 heterocycles. The summed E-state index contributed by atoms with van der Waals surface area (Å²) in [5, 5.41) is 15.6. The van der Waals surface area contributed by atoms with Gasteiger partial charge in [0.25, 0.3) is 0 Å². The van der Waals surface area contributed by atoms with Gasteiger partial charge in [-0.15, -0.1) is 0 Å². The molecule has 2 aliphatic heterocycles. The molecule has 1 fully saturated rings. The van der Waals surface area contributed by atoms with Crippen molar-refractivity contribution in [2.75, 3.05) is 18.5 Å². The van der Waals surface area contributed by atoms with Crippen molar-refractivity contribution < 1.29 is 9.59 Å². The van der Waals surface area contributed by atoms with Gasteiger partial charge in [-0.1, -0.05) is 42.8 Å². The zero-order chi connectivity index (χ0) is 21.1. The van der Waals surface area contributed by atoms with Crippen molar-refractivity contribution in [2.24, 2.45) is 0 Å². The van der Waals surface area contributed by atoms with Crippen LogP contribution in [-0.4, -0.2) is 37.5 Å². The van der Waals surface area contributed by atoms with Crippen LogP contribution in [0.15, 0.2) is 42.5 Å². The monoisotopic (exact) mass is 402 g/mol. The largest absolute Gasteiger partial charge is 0.339 e. The molecule has 4 rings (SSSR count). The van der Waals surface area contributed by atoms with Crippen molar-refractivity contribution in [1.82, 2.24) is 10.6 Å². The van der Waals surface area contributed by atoms with Crippen LogP contribution in [0.25, 0.3) is 11.1 Å². The molecule has 2 aliphatic rings. The lowest BCUT2D eigenvalue weighted by Gasteiger charge is -2.23. The Morgan fingerprint density at radius 2 is 2.00 bits per heavy atom. The van der Waals surface area contributed by atoms with E-state index < -0.39 is 6.04 Å². The third-order valence-corrected chi connectivity index (χ3v) is 5.99. The van der Waals surface area contributed by atoms with Crippen LogP contribution in [0, 0.1) is 11.3 Å². The van der Waals surface area contributed by atoms with Crippen LogP contribution < -0.4 is 15.5 Å². The number of anilines is 1. The summed E-state index contributed by atoms with van der Waals surface area (Å²) < 4.78 is 0. The first-order valence-electron chi connectivity index (χ1n) is 10.5. The second-order valence-corrected chi connectivity index (χ2v) is 8.07. The fourth-order valence-electron chi connectivity index (χ4n) is 4.17. The maximum atomic E-state index is 12.4. The highest BCUT2D eigenvalue weighted by molar-refractivity contribution is 6.01. The Morgan fingerprint density at radius 3 is 2.70 bits per heavy atom. The molecule has 6 nitrogen and oxygen atoms in total. The summed E-state index contributed by atoms with van der Waals surface area (Å²) in [5.41, 5.74) is 5.12. The molecule has 30 heavy (non-hydrogen) atoms. The summed E-state index contributed by atoms with van der Waals surface area (Å²) >= 11 is 0. The number of carbonyl (C=O) groups is 2. The van der Waals surface area contributed by atoms with Crippen molar-refractivity contribution >= 4 is 17.5 Å². The van der Waals surface area contributed by atoms with Crippen molar-refractivity contribution in [1.29, 1.82) is 5.26 Å². The number of nitrogens with zero attached hydrogens (tertiary/aromatic N) is 2. The lowest BCUT2D eigenvalue weighted by molar-refractivity contribution is -0.124. The Labute approximate surface area is 176 Å². The topological polar surface area (TPSA) is 85.2 Å². The van der Waals surface area contributed by atoms with E-state index in [4.69, 9.17) is 0 Å². The molecule has 1 saturated heterocycles. The number of rotatable bonds is 5. The maximum Gasteiger partial charge on any atom is 0.238 e. The second-order valence-electron chi connectivity index (χ2n) is 8.07. The van der Waals surface area contributed by atoms with Crippen LogP contribution >= 0.6 is 0 Å². The highest BCUT2D eigenvalue weighted by Gasteiger charge is 2.24. The molecule has 2 atom stereocenters. The predicted molar refractivity (Wildman–Crippen MR) is 116 cm³/mol. The van der Waals surface area contributed by atoms with Gasteiger partial charge in [0.05, 0.1) is 18.5 Å². The lowest BCUT2D eigenvalue weighted by atomic mass is 9.99. The molecule has 0 spiro atoms. The summed E-state index contributed by atoms with van der Waals surface area (Å²) in [6.45, 7) is 0.851. The third kappa shape index (κ3) is 4.22. The molecule has 0 radical (unpaired) electrons. The lowest BCUT2D eigenvalue weighted by Crippen LogP contribution is -2.49. The van der Waals surface area contributed by atoms with Crippen LogP contribution in [0.3, 0.4) is 0 Å². The summed E-state index contributed by atoms with van der Waals surface area (Å²) in [6.07, 6.45) is 3.88. The fourth-order valence-corrected chi connectivity index (χ4v) is 4.17. The standard InChI is InChI=1S/C24H26N4O2/c1-28-22-13-18(9-10-19(22)14-23(28)29)17-7-5-16(6-8-17)12-20(15-25)27-24(30)21-4-2-3-11-26-21/h5-10,13,20-21,26H,2-4,11-12,14H2,1H3,(H,27,30)/t20-,21?/m0/s1. The number of amides is 2. The highest BCUT2D eigenvalue weighted by Crippen LogP contribution is 2.32. The van der Waals surface area contributed by atoms with E-state index in [-0.39, 0.29) is 17.9 Å². The van der Waals surface area contributed by atoms with Gasteiger partial charge in [-0.05, 0) is 47.7 Å². The van der Waals surface area contributed by atoms with Gasteiger partial charge < -0.3 is 15.5 Å². The average molecular weight is 402 g/mol. The maximum absolute atomic E-state index is 12.4. The predicted octanol–water partition coefficient (Wildman–Crippen LogP) is 2.57. The molecule has 0 saturated carbocycles. The zero-order valence-corrected chi connectivity index (χ0v) is 17.1. The number of likely N-dealkylation sites (N-methyl/N-ethyl adjacent to an activating group) is 1. The minimum absolute atomic E-state index is 0.0883. The van der Waals surface area contributed by atoms with Crippen LogP contribution in [0.1, 0.15) is 30.4 Å². The Kier molecular flexibility index (Phi) is 5.82. The minimum Gasteiger partial charge on any atom is -0.339 e. The number of nitriles is 1. The molecular weight excluding hydrogens is 376 g/mol. The zero-order valence-electron chi connectivity index (χ0n) is 17.1. The average Bonchev–Trinajstić information content (AvgIpc) is 3.07. The fraction of sp³-hybridized carbons (Fsp3) is 0.375. The normalized spacial score (nSPS) is 19.1. The SMILES string of the molecule is CN1C(=O)Cc2ccc(-c3ccc(C[C@@H](C#N)NC(=O)C4CCCCN4)cc3)cc21. The number of hydrogen-bond acceptors (Lipinski definition) is 4. The van der Waals surface area contributed by atoms with Gasteiger partial charge in [0.2, 0.25) is 11.8 Å². The molecular formula is C24H26N4O2. The summed E-state index contributed by atoms with van der Waals surface area (Å²) in [5.74, 6) is 0.0280. The van der Waals surface area contributed by atoms with Gasteiger partial charge in [-0.25, -0.2) is 0 Å². The van der Waals surface area contributed by atoms with Gasteiger partial charge in [0, 0.05) is 19.2 Å². The van der Waals surface area contributed by atoms with E-state index >= 15 is 0 Å². The van der Waals surface area contributed by atoms with Crippen molar-refractivity contribution in [3.63, 3.8) is 0 Å². The molecule has 0 bridgehead atoms. The van der Waals surface area contributed by atoms with E-state index in [1.54, 1.807) is 11.9 Å². The summed E-state index contributed by atoms with van der Waals surface area (Å²) in [7, 11) is 1.81. The number of hydrogen-bond donors (Lipinski definition) is 2. The van der Waals surface area contributed by atoms with Gasteiger partial charge in [-0.2, -0.15) is 5.26 Å². The second kappa shape index (κ2) is 8.68. The first-order chi connectivity index (χ1) is 14.5. The quantitative estimate of drug-likeness (QED) is 0.805. The van der Waals surface area contributed by atoms with Crippen molar-refractivity contribution in [3.05, 3.63) is 53.6 Å². The smallest absolute Gasteiger partial charge is 0.238 e. The Hall–Kier alpha value is -3.17. The van der Waals surface area contributed by atoms with Gasteiger partial charge in [-0.3, -0.25) is 9.59 Å². The van der Waals surface area contributed by atoms with E-state index in [1.165, 1.54) is 0 Å². The minimum atomic E-state index is -0.549. The van der Waals surface area contributed by atoms with E-state index in [0.717, 1.165) is 53.7 Å². The number of nitrogens with one attached hydrogen (secondary N) is 2. The number of benzene rings is 2. The van der Waals surface area contributed by atoms with Crippen LogP contribution in [0.5, 0.6) is 0 Å². The molecule has 2 aromatic rings. The highest BCUT2D eigenvalue weighted by atomic mass is 16.2. The Bertz CT molecular complexity index is 987. The van der Waals surface area contributed by atoms with Crippen LogP contribution in [0.2, 0.25) is 0 Å². The molecule has 2 N–H and O–H groups in total. The molecule has 0 aliphatic carbocycles. The summed E-state index contributed by atoms with van der Waals surface area (Å²) in [4.78, 5) is 26.0. The molecule has 2 amide bonds. The first kappa shape index (κ1) is 20.1. The van der Waals surface area contributed by atoms with Crippen molar-refractivity contribution in [3.8, 4) is 17.2 Å². The van der Waals surface area contributed by atoms with E-state index in [2.05, 4.69) is 16.7 Å². The van der Waals surface area contributed by atoms with E-state index in [1.807, 2.05) is 42.5 Å². The molecule has 0 aromatic heterocycles. The Balaban J connectivity index is 1.41. The number of piperidine rings is 1. The summed E-state index contributed by atoms with van der Waals surface area (Å²) in [6, 6.07) is 15.6. The van der Waals surface area contributed by atoms with Gasteiger partial charge in [0.15, 0.2) is 0 Å². The van der Waals surface area contributed by atoms with Crippen LogP contribution in [0.4, 0.5) is 5.69 Å².